The van der Waals surface area contributed by atoms with E-state index in [0.717, 1.165) is 10.6 Å². The van der Waals surface area contributed by atoms with Crippen LogP contribution in [0.15, 0.2) is 79.8 Å². The first-order chi connectivity index (χ1) is 16.3. The van der Waals surface area contributed by atoms with Crippen molar-refractivity contribution in [3.8, 4) is 0 Å². The van der Waals surface area contributed by atoms with E-state index in [1.54, 1.807) is 56.4 Å². The molecule has 2 atom stereocenters. The van der Waals surface area contributed by atoms with E-state index in [1.807, 2.05) is 17.5 Å². The summed E-state index contributed by atoms with van der Waals surface area (Å²) in [7, 11) is 0. The van der Waals surface area contributed by atoms with Gasteiger partial charge < -0.3 is 14.5 Å². The van der Waals surface area contributed by atoms with E-state index >= 15 is 0 Å². The predicted octanol–water partition coefficient (Wildman–Crippen LogP) is 5.17. The summed E-state index contributed by atoms with van der Waals surface area (Å²) in [5.74, 6) is -1.41. The molecule has 5 rings (SSSR count). The normalized spacial score (nSPS) is 20.5. The Bertz CT molecular complexity index is 1410. The molecular weight excluding hydrogens is 450 g/mol. The van der Waals surface area contributed by atoms with Crippen molar-refractivity contribution in [3.63, 3.8) is 0 Å². The summed E-state index contributed by atoms with van der Waals surface area (Å²) < 4.78 is 11.3. The maximum absolute atomic E-state index is 13.6. The quantitative estimate of drug-likeness (QED) is 0.524. The number of esters is 1. The van der Waals surface area contributed by atoms with Gasteiger partial charge in [0.25, 0.3) is 0 Å². The van der Waals surface area contributed by atoms with E-state index < -0.39 is 11.9 Å². The molecule has 7 heteroatoms. The van der Waals surface area contributed by atoms with Gasteiger partial charge in [0.2, 0.25) is 0 Å². The minimum absolute atomic E-state index is 0.0596. The van der Waals surface area contributed by atoms with Gasteiger partial charge in [-0.05, 0) is 50.8 Å². The Labute approximate surface area is 200 Å². The van der Waals surface area contributed by atoms with Crippen LogP contribution in [0.2, 0.25) is 0 Å². The maximum Gasteiger partial charge on any atom is 0.337 e. The van der Waals surface area contributed by atoms with Crippen LogP contribution in [0.25, 0.3) is 11.0 Å². The van der Waals surface area contributed by atoms with Crippen LogP contribution in [0.3, 0.4) is 0 Å². The molecule has 1 aliphatic heterocycles. The first kappa shape index (κ1) is 22.3. The second-order valence-electron chi connectivity index (χ2n) is 9.00. The number of Topliss-reactive ketones (excluding diaryl/α,β-unsaturated/α-hetero) is 1. The third-order valence-electron chi connectivity index (χ3n) is 6.35. The Morgan fingerprint density at radius 2 is 1.94 bits per heavy atom. The van der Waals surface area contributed by atoms with Crippen LogP contribution < -0.4 is 10.7 Å². The summed E-state index contributed by atoms with van der Waals surface area (Å²) in [6.07, 6.45) is 1.99. The van der Waals surface area contributed by atoms with E-state index in [9.17, 15) is 14.4 Å². The lowest BCUT2D eigenvalue weighted by Crippen LogP contribution is -2.37. The fourth-order valence-corrected chi connectivity index (χ4v) is 5.75. The molecule has 3 aromatic rings. The molecule has 2 aliphatic rings. The molecule has 6 nitrogen and oxygen atoms in total. The molecule has 1 aromatic carbocycles. The number of fused-ring (bicyclic) bond motifs is 1. The van der Waals surface area contributed by atoms with Gasteiger partial charge >= 0.3 is 5.97 Å². The highest BCUT2D eigenvalue weighted by Crippen LogP contribution is 2.46. The second kappa shape index (κ2) is 8.72. The fraction of sp³-hybridized carbons (Fsp3) is 0.296. The number of hydrogen-bond acceptors (Lipinski definition) is 7. The number of para-hydroxylation sites is 1. The maximum atomic E-state index is 13.6. The summed E-state index contributed by atoms with van der Waals surface area (Å²) in [4.78, 5) is 41.5. The monoisotopic (exact) mass is 475 g/mol. The molecular formula is C27H25NO5S. The highest BCUT2D eigenvalue weighted by molar-refractivity contribution is 7.10. The number of ketones is 1. The van der Waals surface area contributed by atoms with Crippen LogP contribution >= 0.6 is 11.3 Å². The van der Waals surface area contributed by atoms with Crippen molar-refractivity contribution in [2.45, 2.75) is 51.6 Å². The highest BCUT2D eigenvalue weighted by atomic mass is 32.1. The lowest BCUT2D eigenvalue weighted by Gasteiger charge is -2.36. The van der Waals surface area contributed by atoms with Crippen LogP contribution in [0, 0.1) is 0 Å². The summed E-state index contributed by atoms with van der Waals surface area (Å²) in [6, 6.07) is 11.0. The van der Waals surface area contributed by atoms with Crippen molar-refractivity contribution >= 4 is 34.1 Å². The number of ether oxygens (including phenoxy) is 1. The Balaban J connectivity index is 1.69. The number of thiophene rings is 1. The first-order valence-electron chi connectivity index (χ1n) is 11.3. The van der Waals surface area contributed by atoms with Gasteiger partial charge in [0.15, 0.2) is 11.2 Å². The van der Waals surface area contributed by atoms with Crippen LogP contribution in [-0.4, -0.2) is 17.9 Å². The third kappa shape index (κ3) is 3.80. The Morgan fingerprint density at radius 3 is 2.68 bits per heavy atom. The van der Waals surface area contributed by atoms with Crippen LogP contribution in [0.4, 0.5) is 0 Å². The predicted molar refractivity (Wildman–Crippen MR) is 131 cm³/mol. The van der Waals surface area contributed by atoms with E-state index in [0.29, 0.717) is 35.1 Å². The zero-order valence-corrected chi connectivity index (χ0v) is 20.0. The first-order valence-corrected chi connectivity index (χ1v) is 12.2. The van der Waals surface area contributed by atoms with Gasteiger partial charge in [-0.2, -0.15) is 0 Å². The zero-order chi connectivity index (χ0) is 24.0. The van der Waals surface area contributed by atoms with Gasteiger partial charge in [-0.25, -0.2) is 4.79 Å². The third-order valence-corrected chi connectivity index (χ3v) is 7.39. The van der Waals surface area contributed by atoms with Crippen molar-refractivity contribution in [1.29, 1.82) is 0 Å². The molecule has 174 valence electrons. The van der Waals surface area contributed by atoms with Gasteiger partial charge in [-0.3, -0.25) is 9.59 Å². The molecule has 0 unspecified atom stereocenters. The number of rotatable bonds is 4. The summed E-state index contributed by atoms with van der Waals surface area (Å²) in [5, 5.41) is 5.73. The van der Waals surface area contributed by atoms with E-state index in [-0.39, 0.29) is 34.4 Å². The highest BCUT2D eigenvalue weighted by Gasteiger charge is 2.43. The average Bonchev–Trinajstić information content (AvgIpc) is 3.33. The Hall–Kier alpha value is -3.45. The SMILES string of the molecule is CC1=C(C(=O)OC(C)C)[C@H](c2coc3ccccc3c2=O)C2=C(C[C@@H](c3cccs3)CC2=O)N1. The number of benzene rings is 1. The minimum Gasteiger partial charge on any atom is -0.464 e. The van der Waals surface area contributed by atoms with Gasteiger partial charge in [0.1, 0.15) is 5.58 Å². The fourth-order valence-electron chi connectivity index (χ4n) is 4.92. The molecule has 0 fully saturated rings. The zero-order valence-electron chi connectivity index (χ0n) is 19.2. The molecule has 0 saturated carbocycles. The topological polar surface area (TPSA) is 85.6 Å². The molecule has 34 heavy (non-hydrogen) atoms. The van der Waals surface area contributed by atoms with E-state index in [1.165, 1.54) is 6.26 Å². The van der Waals surface area contributed by atoms with Crippen molar-refractivity contribution < 1.29 is 18.7 Å². The van der Waals surface area contributed by atoms with Crippen molar-refractivity contribution in [3.05, 3.63) is 91.2 Å². The Kier molecular flexibility index (Phi) is 5.73. The summed E-state index contributed by atoms with van der Waals surface area (Å²) in [6.45, 7) is 5.33. The molecule has 1 aliphatic carbocycles. The van der Waals surface area contributed by atoms with Gasteiger partial charge in [-0.15, -0.1) is 11.3 Å². The molecule has 0 radical (unpaired) electrons. The summed E-state index contributed by atoms with van der Waals surface area (Å²) >= 11 is 1.63. The van der Waals surface area contributed by atoms with Crippen LogP contribution in [0.1, 0.15) is 55.9 Å². The standard InChI is InChI=1S/C27H25NO5S/c1-14(2)33-27(31)23-15(3)28-19-11-16(22-9-6-10-34-22)12-20(29)25(19)24(23)18-13-32-21-8-5-4-7-17(21)26(18)30/h4-10,13-14,16,24,28H,11-12H2,1-3H3/t16-,24+/m1/s1. The number of dihydropyridines is 1. The second-order valence-corrected chi connectivity index (χ2v) is 9.98. The smallest absolute Gasteiger partial charge is 0.337 e. The molecule has 1 N–H and O–H groups in total. The molecule has 0 saturated heterocycles. The molecule has 0 bridgehead atoms. The van der Waals surface area contributed by atoms with Gasteiger partial charge in [-0.1, -0.05) is 18.2 Å². The molecule has 0 amide bonds. The number of allylic oxidation sites excluding steroid dienone is 3. The lowest BCUT2D eigenvalue weighted by molar-refractivity contribution is -0.143. The van der Waals surface area contributed by atoms with E-state index in [4.69, 9.17) is 9.15 Å². The number of carbonyl (C=O) groups is 2. The summed E-state index contributed by atoms with van der Waals surface area (Å²) in [5.41, 5.74) is 2.54. The lowest BCUT2D eigenvalue weighted by atomic mass is 9.73. The van der Waals surface area contributed by atoms with Crippen molar-refractivity contribution in [2.75, 3.05) is 0 Å². The number of nitrogens with one attached hydrogen (secondary N) is 1. The van der Waals surface area contributed by atoms with Crippen LogP contribution in [-0.2, 0) is 14.3 Å². The molecule has 3 heterocycles. The molecule has 2 aromatic heterocycles. The van der Waals surface area contributed by atoms with Crippen molar-refractivity contribution in [1.82, 2.24) is 5.32 Å². The number of hydrogen-bond donors (Lipinski definition) is 1. The average molecular weight is 476 g/mol. The Morgan fingerprint density at radius 1 is 1.15 bits per heavy atom. The van der Waals surface area contributed by atoms with E-state index in [2.05, 4.69) is 5.32 Å². The largest absolute Gasteiger partial charge is 0.464 e. The van der Waals surface area contributed by atoms with Crippen LogP contribution in [0.5, 0.6) is 0 Å². The van der Waals surface area contributed by atoms with Crippen molar-refractivity contribution in [2.24, 2.45) is 0 Å². The molecule has 0 spiro atoms. The van der Waals surface area contributed by atoms with Gasteiger partial charge in [0, 0.05) is 39.7 Å². The minimum atomic E-state index is -0.847. The number of carbonyl (C=O) groups excluding carboxylic acids is 2. The van der Waals surface area contributed by atoms with Gasteiger partial charge in [0.05, 0.1) is 29.2 Å².